The molecule has 0 amide bonds. The molecule has 2 rings (SSSR count). The molecule has 0 spiro atoms. The molecule has 1 N–H and O–H groups in total. The zero-order valence-electron chi connectivity index (χ0n) is 20.6. The van der Waals surface area contributed by atoms with Crippen LogP contribution in [0.4, 0.5) is 0 Å². The number of unbranched alkanes of at least 4 members (excludes halogenated alkanes) is 10. The average molecular weight is 517 g/mol. The first-order valence-electron chi connectivity index (χ1n) is 12.9. The van der Waals surface area contributed by atoms with Gasteiger partial charge in [-0.2, -0.15) is 0 Å². The van der Waals surface area contributed by atoms with Crippen molar-refractivity contribution in [2.24, 2.45) is 0 Å². The second kappa shape index (κ2) is 18.7. The third kappa shape index (κ3) is 14.1. The molecule has 4 nitrogen and oxygen atoms in total. The third-order valence-electron chi connectivity index (χ3n) is 5.93. The topological polar surface area (TPSA) is 55.8 Å². The van der Waals surface area contributed by atoms with Gasteiger partial charge in [0.05, 0.1) is 0 Å². The Kier molecular flexibility index (Phi) is 17.4. The predicted octanol–water partition coefficient (Wildman–Crippen LogP) is 8.13. The fourth-order valence-corrected chi connectivity index (χ4v) is 4.75. The van der Waals surface area contributed by atoms with Crippen LogP contribution >= 0.6 is 7.82 Å². The Morgan fingerprint density at radius 3 is 1.26 bits per heavy atom. The van der Waals surface area contributed by atoms with Gasteiger partial charge in [-0.05, 0) is 61.1 Å². The van der Waals surface area contributed by atoms with Gasteiger partial charge in [0.2, 0.25) is 0 Å². The molecule has 0 aliphatic carbocycles. The van der Waals surface area contributed by atoms with E-state index in [1.165, 1.54) is 88.2 Å². The molecule has 0 unspecified atom stereocenters. The van der Waals surface area contributed by atoms with E-state index in [9.17, 15) is 9.46 Å². The summed E-state index contributed by atoms with van der Waals surface area (Å²) in [6.07, 6.45) is 17.3. The molecule has 0 aromatic heterocycles. The molecule has 0 aliphatic rings. The Morgan fingerprint density at radius 1 is 0.588 bits per heavy atom. The summed E-state index contributed by atoms with van der Waals surface area (Å²) in [5, 5.41) is 0. The van der Waals surface area contributed by atoms with Crippen molar-refractivity contribution >= 4 is 45.6 Å². The number of rotatable bonds is 18. The minimum absolute atomic E-state index is 0. The first kappa shape index (κ1) is 31.5. The first-order valence-corrected chi connectivity index (χ1v) is 14.4. The second-order valence-electron chi connectivity index (χ2n) is 8.97. The van der Waals surface area contributed by atoms with Crippen LogP contribution in [0.2, 0.25) is 0 Å². The van der Waals surface area contributed by atoms with Gasteiger partial charge < -0.3 is 9.05 Å². The van der Waals surface area contributed by atoms with E-state index in [1.54, 1.807) is 24.3 Å². The van der Waals surface area contributed by atoms with Crippen molar-refractivity contribution in [1.82, 2.24) is 0 Å². The molecule has 188 valence electrons. The van der Waals surface area contributed by atoms with Crippen LogP contribution in [0, 0.1) is 0 Å². The van der Waals surface area contributed by atoms with Crippen molar-refractivity contribution < 1.29 is 18.5 Å². The zero-order valence-corrected chi connectivity index (χ0v) is 21.5. The summed E-state index contributed by atoms with van der Waals surface area (Å²) < 4.78 is 23.0. The third-order valence-corrected chi connectivity index (χ3v) is 6.81. The first-order chi connectivity index (χ1) is 16.0. The van der Waals surface area contributed by atoms with Crippen LogP contribution in [0.15, 0.2) is 48.5 Å². The van der Waals surface area contributed by atoms with Crippen molar-refractivity contribution in [3.05, 3.63) is 59.7 Å². The molecule has 0 fully saturated rings. The molecular weight excluding hydrogens is 471 g/mol. The van der Waals surface area contributed by atoms with Crippen molar-refractivity contribution in [3.63, 3.8) is 0 Å². The fraction of sp³-hybridized carbons (Fsp3) is 0.571. The van der Waals surface area contributed by atoms with Gasteiger partial charge in [0.25, 0.3) is 0 Å². The fourth-order valence-electron chi connectivity index (χ4n) is 3.94. The van der Waals surface area contributed by atoms with Crippen LogP contribution < -0.4 is 9.05 Å². The minimum atomic E-state index is -4.24. The van der Waals surface area contributed by atoms with Gasteiger partial charge >= 0.3 is 45.6 Å². The van der Waals surface area contributed by atoms with E-state index in [4.69, 9.17) is 9.05 Å². The molecule has 0 saturated heterocycles. The van der Waals surface area contributed by atoms with E-state index in [0.29, 0.717) is 11.5 Å². The van der Waals surface area contributed by atoms with E-state index in [1.807, 2.05) is 24.3 Å². The summed E-state index contributed by atoms with van der Waals surface area (Å²) in [7, 11) is -4.24. The normalized spacial score (nSPS) is 11.1. The Morgan fingerprint density at radius 2 is 0.912 bits per heavy atom. The number of aryl methyl sites for hydroxylation is 2. The van der Waals surface area contributed by atoms with Crippen LogP contribution in [-0.2, 0) is 17.4 Å². The predicted molar refractivity (Wildman–Crippen MR) is 147 cm³/mol. The van der Waals surface area contributed by atoms with Gasteiger partial charge in [0.1, 0.15) is 11.5 Å². The molecule has 0 heterocycles. The molecule has 0 atom stereocenters. The average Bonchev–Trinajstić information content (AvgIpc) is 2.80. The molecule has 0 saturated carbocycles. The van der Waals surface area contributed by atoms with Crippen LogP contribution in [0.5, 0.6) is 11.5 Å². The maximum atomic E-state index is 12.4. The summed E-state index contributed by atoms with van der Waals surface area (Å²) >= 11 is 0. The van der Waals surface area contributed by atoms with Gasteiger partial charge in [-0.1, -0.05) is 102 Å². The molecule has 2 aromatic rings. The van der Waals surface area contributed by atoms with E-state index in [2.05, 4.69) is 13.8 Å². The molecular formula is C28H45CaO4P. The van der Waals surface area contributed by atoms with E-state index >= 15 is 0 Å². The Labute approximate surface area is 237 Å². The standard InChI is InChI=1S/C28H43O4P.Ca.2H/c1-3-5-7-9-11-13-15-25-17-21-27(22-18-25)31-33(29,30)32-28-23-19-26(20-24-28)16-14-12-10-8-6-4-2;;;/h17-24H,3-16H2,1-2H3,(H,29,30);;;. The van der Waals surface area contributed by atoms with Gasteiger partial charge in [0, 0.05) is 0 Å². The summed E-state index contributed by atoms with van der Waals surface area (Å²) in [5.41, 5.74) is 2.43. The Hall–Kier alpha value is -0.510. The van der Waals surface area contributed by atoms with Gasteiger partial charge in [-0.15, -0.1) is 0 Å². The quantitative estimate of drug-likeness (QED) is 0.123. The number of phosphoric ester groups is 1. The molecule has 6 heteroatoms. The Bertz CT molecular complexity index is 743. The van der Waals surface area contributed by atoms with E-state index in [0.717, 1.165) is 12.8 Å². The van der Waals surface area contributed by atoms with Crippen molar-refractivity contribution in [3.8, 4) is 11.5 Å². The zero-order chi connectivity index (χ0) is 23.8. The summed E-state index contributed by atoms with van der Waals surface area (Å²) in [6.45, 7) is 4.46. The summed E-state index contributed by atoms with van der Waals surface area (Å²) in [6, 6.07) is 14.8. The Balaban J connectivity index is 0.00000578. The van der Waals surface area contributed by atoms with Gasteiger partial charge in [0.15, 0.2) is 0 Å². The number of phosphoric acid groups is 1. The molecule has 2 aromatic carbocycles. The van der Waals surface area contributed by atoms with E-state index < -0.39 is 7.82 Å². The summed E-state index contributed by atoms with van der Waals surface area (Å²) in [5.74, 6) is 0.680. The second-order valence-corrected chi connectivity index (χ2v) is 10.3. The van der Waals surface area contributed by atoms with Crippen LogP contribution in [0.1, 0.15) is 102 Å². The van der Waals surface area contributed by atoms with E-state index in [-0.39, 0.29) is 37.7 Å². The molecule has 0 radical (unpaired) electrons. The molecule has 34 heavy (non-hydrogen) atoms. The maximum absolute atomic E-state index is 12.4. The number of hydrogen-bond donors (Lipinski definition) is 1. The van der Waals surface area contributed by atoms with Crippen molar-refractivity contribution in [2.75, 3.05) is 0 Å². The summed E-state index contributed by atoms with van der Waals surface area (Å²) in [4.78, 5) is 10.2. The van der Waals surface area contributed by atoms with Crippen molar-refractivity contribution in [1.29, 1.82) is 0 Å². The van der Waals surface area contributed by atoms with Gasteiger partial charge in [-0.25, -0.2) is 4.57 Å². The van der Waals surface area contributed by atoms with Crippen LogP contribution in [0.25, 0.3) is 0 Å². The SMILES string of the molecule is CCCCCCCCc1ccc(OP(=O)(O)Oc2ccc(CCCCCCCC)cc2)cc1.[CaH2]. The van der Waals surface area contributed by atoms with Gasteiger partial charge in [-0.3, -0.25) is 4.89 Å². The molecule has 0 bridgehead atoms. The number of benzene rings is 2. The number of hydrogen-bond acceptors (Lipinski definition) is 3. The monoisotopic (exact) mass is 516 g/mol. The van der Waals surface area contributed by atoms with Crippen molar-refractivity contribution in [2.45, 2.75) is 104 Å². The molecule has 0 aliphatic heterocycles. The van der Waals surface area contributed by atoms with Crippen LogP contribution in [-0.4, -0.2) is 42.6 Å². The van der Waals surface area contributed by atoms with Crippen LogP contribution in [0.3, 0.4) is 0 Å².